The summed E-state index contributed by atoms with van der Waals surface area (Å²) in [6.45, 7) is 3.01. The van der Waals surface area contributed by atoms with Crippen LogP contribution in [0.4, 0.5) is 5.88 Å². The second kappa shape index (κ2) is 6.61. The molecule has 2 aromatic heterocycles. The zero-order valence-corrected chi connectivity index (χ0v) is 15.5. The summed E-state index contributed by atoms with van der Waals surface area (Å²) in [5.74, 6) is 1.76. The van der Waals surface area contributed by atoms with Crippen LogP contribution in [0.1, 0.15) is 21.9 Å². The average molecular weight is 402 g/mol. The van der Waals surface area contributed by atoms with Crippen molar-refractivity contribution in [3.05, 3.63) is 63.8 Å². The van der Waals surface area contributed by atoms with Gasteiger partial charge in [-0.25, -0.2) is 0 Å². The van der Waals surface area contributed by atoms with E-state index in [1.54, 1.807) is 6.20 Å². The summed E-state index contributed by atoms with van der Waals surface area (Å²) in [6, 6.07) is 12.3. The van der Waals surface area contributed by atoms with Gasteiger partial charge in [-0.15, -0.1) is 11.8 Å². The smallest absolute Gasteiger partial charge is 0.230 e. The van der Waals surface area contributed by atoms with E-state index < -0.39 is 0 Å². The zero-order valence-electron chi connectivity index (χ0n) is 13.1. The van der Waals surface area contributed by atoms with Crippen molar-refractivity contribution in [1.82, 2.24) is 10.1 Å². The van der Waals surface area contributed by atoms with Gasteiger partial charge in [0.05, 0.1) is 16.5 Å². The van der Waals surface area contributed by atoms with Crippen LogP contribution in [0.3, 0.4) is 0 Å². The third-order valence-corrected chi connectivity index (χ3v) is 5.84. The van der Waals surface area contributed by atoms with Crippen LogP contribution >= 0.6 is 27.7 Å². The molecule has 0 amide bonds. The molecule has 1 unspecified atom stereocenters. The molecule has 0 spiro atoms. The fourth-order valence-corrected chi connectivity index (χ4v) is 4.72. The Labute approximate surface area is 153 Å². The Balaban J connectivity index is 1.88. The first kappa shape index (κ1) is 15.7. The van der Waals surface area contributed by atoms with Crippen molar-refractivity contribution in [3.8, 4) is 11.4 Å². The zero-order chi connectivity index (χ0) is 16.5. The lowest BCUT2D eigenvalue weighted by Gasteiger charge is -2.18. The SMILES string of the molecule is Cc1cc(Br)ccc1C1SCCNc2onc(-c3ccccn3)c21. The predicted molar refractivity (Wildman–Crippen MR) is 101 cm³/mol. The molecule has 0 saturated carbocycles. The molecule has 24 heavy (non-hydrogen) atoms. The van der Waals surface area contributed by atoms with E-state index in [2.05, 4.69) is 56.5 Å². The fraction of sp³-hybridized carbons (Fsp3) is 0.222. The number of anilines is 1. The van der Waals surface area contributed by atoms with E-state index in [4.69, 9.17) is 4.52 Å². The summed E-state index contributed by atoms with van der Waals surface area (Å²) in [7, 11) is 0. The molecule has 1 aliphatic rings. The maximum absolute atomic E-state index is 5.61. The van der Waals surface area contributed by atoms with Gasteiger partial charge in [-0.05, 0) is 42.3 Å². The molecule has 122 valence electrons. The monoisotopic (exact) mass is 401 g/mol. The van der Waals surface area contributed by atoms with Crippen molar-refractivity contribution in [1.29, 1.82) is 0 Å². The van der Waals surface area contributed by atoms with Crippen LogP contribution in [0, 0.1) is 6.92 Å². The van der Waals surface area contributed by atoms with E-state index in [0.717, 1.165) is 39.6 Å². The lowest BCUT2D eigenvalue weighted by molar-refractivity contribution is 0.434. The second-order valence-electron chi connectivity index (χ2n) is 5.67. The summed E-state index contributed by atoms with van der Waals surface area (Å²) >= 11 is 5.46. The first-order valence-corrected chi connectivity index (χ1v) is 9.60. The van der Waals surface area contributed by atoms with Crippen LogP contribution in [-0.4, -0.2) is 22.4 Å². The molecule has 3 heterocycles. The van der Waals surface area contributed by atoms with Crippen molar-refractivity contribution in [2.45, 2.75) is 12.2 Å². The van der Waals surface area contributed by atoms with Crippen molar-refractivity contribution in [3.63, 3.8) is 0 Å². The maximum Gasteiger partial charge on any atom is 0.230 e. The molecular formula is C18H16BrN3OS. The summed E-state index contributed by atoms with van der Waals surface area (Å²) in [6.07, 6.45) is 1.79. The summed E-state index contributed by atoms with van der Waals surface area (Å²) in [5.41, 5.74) is 5.28. The normalized spacial score (nSPS) is 17.0. The van der Waals surface area contributed by atoms with Crippen molar-refractivity contribution in [2.24, 2.45) is 0 Å². The highest BCUT2D eigenvalue weighted by atomic mass is 79.9. The van der Waals surface area contributed by atoms with Gasteiger partial charge in [0.1, 0.15) is 5.69 Å². The molecule has 4 nitrogen and oxygen atoms in total. The van der Waals surface area contributed by atoms with Crippen LogP contribution in [-0.2, 0) is 0 Å². The fourth-order valence-electron chi connectivity index (χ4n) is 2.96. The van der Waals surface area contributed by atoms with Gasteiger partial charge in [0.15, 0.2) is 0 Å². The molecule has 1 N–H and O–H groups in total. The molecule has 0 aliphatic carbocycles. The predicted octanol–water partition coefficient (Wildman–Crippen LogP) is 5.06. The number of halogens is 1. The molecule has 0 saturated heterocycles. The molecule has 0 fully saturated rings. The minimum absolute atomic E-state index is 0.173. The number of aromatic nitrogens is 2. The van der Waals surface area contributed by atoms with Gasteiger partial charge in [0.2, 0.25) is 5.88 Å². The van der Waals surface area contributed by atoms with Crippen molar-refractivity contribution < 1.29 is 4.52 Å². The van der Waals surface area contributed by atoms with E-state index in [-0.39, 0.29) is 5.25 Å². The minimum atomic E-state index is 0.173. The number of benzene rings is 1. The van der Waals surface area contributed by atoms with Gasteiger partial charge in [0, 0.05) is 23.0 Å². The van der Waals surface area contributed by atoms with Gasteiger partial charge in [-0.1, -0.05) is 33.2 Å². The van der Waals surface area contributed by atoms with E-state index in [9.17, 15) is 0 Å². The highest BCUT2D eigenvalue weighted by molar-refractivity contribution is 9.10. The second-order valence-corrected chi connectivity index (χ2v) is 7.80. The van der Waals surface area contributed by atoms with Crippen LogP contribution in [0.2, 0.25) is 0 Å². The van der Waals surface area contributed by atoms with Gasteiger partial charge >= 0.3 is 0 Å². The average Bonchev–Trinajstić information content (AvgIpc) is 2.90. The first-order chi connectivity index (χ1) is 11.7. The van der Waals surface area contributed by atoms with E-state index in [1.165, 1.54) is 11.1 Å². The lowest BCUT2D eigenvalue weighted by Crippen LogP contribution is -2.01. The molecule has 4 rings (SSSR count). The number of nitrogens with zero attached hydrogens (tertiary/aromatic N) is 2. The minimum Gasteiger partial charge on any atom is -0.353 e. The number of hydrogen-bond donors (Lipinski definition) is 1. The largest absolute Gasteiger partial charge is 0.353 e. The molecule has 0 bridgehead atoms. The molecule has 1 atom stereocenters. The standard InChI is InChI=1S/C18H16BrN3OS/c1-11-10-12(19)5-6-13(11)17-15-16(14-4-2-3-7-20-14)22-23-18(15)21-8-9-24-17/h2-7,10,17,21H,8-9H2,1H3. The van der Waals surface area contributed by atoms with Gasteiger partial charge < -0.3 is 9.84 Å². The van der Waals surface area contributed by atoms with E-state index >= 15 is 0 Å². The molecule has 0 radical (unpaired) electrons. The quantitative estimate of drug-likeness (QED) is 0.650. The summed E-state index contributed by atoms with van der Waals surface area (Å²) in [5, 5.41) is 7.84. The Hall–Kier alpha value is -1.79. The van der Waals surface area contributed by atoms with Gasteiger partial charge in [0.25, 0.3) is 0 Å². The highest BCUT2D eigenvalue weighted by Gasteiger charge is 2.30. The molecule has 1 aromatic carbocycles. The van der Waals surface area contributed by atoms with Crippen molar-refractivity contribution in [2.75, 3.05) is 17.6 Å². The molecular weight excluding hydrogens is 386 g/mol. The van der Waals surface area contributed by atoms with Crippen LogP contribution < -0.4 is 5.32 Å². The third kappa shape index (κ3) is 2.84. The van der Waals surface area contributed by atoms with Gasteiger partial charge in [-0.3, -0.25) is 4.98 Å². The number of rotatable bonds is 2. The van der Waals surface area contributed by atoms with Crippen molar-refractivity contribution >= 4 is 33.6 Å². The number of fused-ring (bicyclic) bond motifs is 1. The van der Waals surface area contributed by atoms with E-state index in [1.807, 2.05) is 30.0 Å². The van der Waals surface area contributed by atoms with Crippen LogP contribution in [0.15, 0.2) is 51.6 Å². The molecule has 6 heteroatoms. The van der Waals surface area contributed by atoms with Crippen LogP contribution in [0.5, 0.6) is 0 Å². The van der Waals surface area contributed by atoms with Gasteiger partial charge in [-0.2, -0.15) is 0 Å². The number of aryl methyl sites for hydroxylation is 1. The summed E-state index contributed by atoms with van der Waals surface area (Å²) < 4.78 is 6.71. The Morgan fingerprint density at radius 2 is 2.21 bits per heavy atom. The number of hydrogen-bond acceptors (Lipinski definition) is 5. The van der Waals surface area contributed by atoms with E-state index in [0.29, 0.717) is 0 Å². The molecule has 1 aliphatic heterocycles. The lowest BCUT2D eigenvalue weighted by atomic mass is 9.98. The first-order valence-electron chi connectivity index (χ1n) is 7.76. The number of pyridine rings is 1. The Morgan fingerprint density at radius 3 is 3.00 bits per heavy atom. The number of thioether (sulfide) groups is 1. The Morgan fingerprint density at radius 1 is 1.29 bits per heavy atom. The van der Waals surface area contributed by atoms with Crippen LogP contribution in [0.25, 0.3) is 11.4 Å². The number of nitrogens with one attached hydrogen (secondary N) is 1. The maximum atomic E-state index is 5.61. The highest BCUT2D eigenvalue weighted by Crippen LogP contribution is 2.46. The Kier molecular flexibility index (Phi) is 4.33. The Bertz CT molecular complexity index is 866. The summed E-state index contributed by atoms with van der Waals surface area (Å²) in [4.78, 5) is 4.46. The molecule has 3 aromatic rings. The third-order valence-electron chi connectivity index (χ3n) is 4.08. The topological polar surface area (TPSA) is 51.0 Å².